The quantitative estimate of drug-likeness (QED) is 0.267. The van der Waals surface area contributed by atoms with Gasteiger partial charge in [0.25, 0.3) is 5.91 Å². The molecule has 0 bridgehead atoms. The monoisotopic (exact) mass is 540 g/mol. The fourth-order valence-electron chi connectivity index (χ4n) is 5.03. The van der Waals surface area contributed by atoms with E-state index >= 15 is 4.39 Å². The van der Waals surface area contributed by atoms with Gasteiger partial charge in [-0.2, -0.15) is 0 Å². The second-order valence-corrected chi connectivity index (χ2v) is 11.1. The van der Waals surface area contributed by atoms with E-state index < -0.39 is 0 Å². The number of thiophene rings is 1. The van der Waals surface area contributed by atoms with Crippen LogP contribution in [0.2, 0.25) is 10.0 Å². The second kappa shape index (κ2) is 10.9. The van der Waals surface area contributed by atoms with Crippen LogP contribution in [-0.4, -0.2) is 29.9 Å². The number of nitrogens with one attached hydrogen (secondary N) is 1. The standard InChI is InChI=1S/C29H27Cl2FN2OS/c1-33-22-11-13-23(14-12-22)34(29(35)28-27(31)24-4-2-3-5-26(24)36-28)17-20-16-19(8-15-25(20)32)18-6-9-21(30)10-7-18/h2-10,15-16,22-23,33H,11-14,17H2,1H3/t22-,23-. The van der Waals surface area contributed by atoms with Crippen molar-refractivity contribution in [3.05, 3.63) is 93.0 Å². The van der Waals surface area contributed by atoms with Crippen LogP contribution in [0.25, 0.3) is 21.2 Å². The topological polar surface area (TPSA) is 32.3 Å². The molecule has 3 nitrogen and oxygen atoms in total. The summed E-state index contributed by atoms with van der Waals surface area (Å²) in [7, 11) is 1.97. The van der Waals surface area contributed by atoms with E-state index in [1.807, 2.05) is 66.5 Å². The lowest BCUT2D eigenvalue weighted by Crippen LogP contribution is -2.44. The molecule has 1 fully saturated rings. The fraction of sp³-hybridized carbons (Fsp3) is 0.276. The predicted molar refractivity (Wildman–Crippen MR) is 149 cm³/mol. The Labute approximate surface area is 224 Å². The highest BCUT2D eigenvalue weighted by molar-refractivity contribution is 7.21. The molecule has 0 spiro atoms. The molecule has 0 atom stereocenters. The molecular formula is C29H27Cl2FN2OS. The number of amides is 1. The highest BCUT2D eigenvalue weighted by Crippen LogP contribution is 2.38. The molecule has 1 aliphatic carbocycles. The summed E-state index contributed by atoms with van der Waals surface area (Å²) >= 11 is 14.2. The molecule has 0 radical (unpaired) electrons. The van der Waals surface area contributed by atoms with Gasteiger partial charge >= 0.3 is 0 Å². The van der Waals surface area contributed by atoms with Gasteiger partial charge in [0.05, 0.1) is 5.02 Å². The molecule has 186 valence electrons. The van der Waals surface area contributed by atoms with E-state index in [9.17, 15) is 4.79 Å². The van der Waals surface area contributed by atoms with Gasteiger partial charge in [-0.3, -0.25) is 4.79 Å². The normalized spacial score (nSPS) is 17.9. The van der Waals surface area contributed by atoms with Crippen molar-refractivity contribution >= 4 is 50.5 Å². The first kappa shape index (κ1) is 25.2. The Morgan fingerprint density at radius 3 is 2.39 bits per heavy atom. The Morgan fingerprint density at radius 1 is 1.00 bits per heavy atom. The van der Waals surface area contributed by atoms with E-state index in [1.165, 1.54) is 17.4 Å². The average Bonchev–Trinajstić information content (AvgIpc) is 3.25. The maximum atomic E-state index is 15.1. The Kier molecular flexibility index (Phi) is 7.63. The number of rotatable bonds is 6. The molecule has 1 N–H and O–H groups in total. The minimum atomic E-state index is -0.322. The lowest BCUT2D eigenvalue weighted by molar-refractivity contribution is 0.0604. The number of halogens is 3. The van der Waals surface area contributed by atoms with Gasteiger partial charge in [0, 0.05) is 39.3 Å². The summed E-state index contributed by atoms with van der Waals surface area (Å²) in [5, 5.41) is 5.35. The van der Waals surface area contributed by atoms with Crippen LogP contribution in [0.3, 0.4) is 0 Å². The molecule has 3 aromatic carbocycles. The van der Waals surface area contributed by atoms with Crippen molar-refractivity contribution < 1.29 is 9.18 Å². The Bertz CT molecular complexity index is 1380. The Hall–Kier alpha value is -2.44. The first-order valence-corrected chi connectivity index (χ1v) is 13.7. The summed E-state index contributed by atoms with van der Waals surface area (Å²) < 4.78 is 16.1. The lowest BCUT2D eigenvalue weighted by atomic mass is 9.89. The SMILES string of the molecule is CN[C@H]1CC[C@H](N(Cc2cc(-c3ccc(Cl)cc3)ccc2F)C(=O)c2sc3ccccc3c2Cl)CC1. The number of carbonyl (C=O) groups is 1. The van der Waals surface area contributed by atoms with Crippen molar-refractivity contribution in [1.29, 1.82) is 0 Å². The summed E-state index contributed by atoms with van der Waals surface area (Å²) in [5.41, 5.74) is 2.32. The molecule has 0 saturated heterocycles. The Balaban J connectivity index is 1.50. The molecule has 0 unspecified atom stereocenters. The smallest absolute Gasteiger partial charge is 0.266 e. The van der Waals surface area contributed by atoms with Crippen molar-refractivity contribution in [3.63, 3.8) is 0 Å². The summed E-state index contributed by atoms with van der Waals surface area (Å²) in [6.45, 7) is 0.186. The van der Waals surface area contributed by atoms with Crippen molar-refractivity contribution in [2.45, 2.75) is 44.3 Å². The van der Waals surface area contributed by atoms with Crippen LogP contribution in [0, 0.1) is 5.82 Å². The molecular weight excluding hydrogens is 514 g/mol. The van der Waals surface area contributed by atoms with Crippen molar-refractivity contribution in [1.82, 2.24) is 10.2 Å². The van der Waals surface area contributed by atoms with Crippen LogP contribution < -0.4 is 5.32 Å². The predicted octanol–water partition coefficient (Wildman–Crippen LogP) is 8.19. The molecule has 36 heavy (non-hydrogen) atoms. The molecule has 1 amide bonds. The van der Waals surface area contributed by atoms with Crippen molar-refractivity contribution in [2.24, 2.45) is 0 Å². The zero-order valence-electron chi connectivity index (χ0n) is 19.9. The van der Waals surface area contributed by atoms with E-state index in [4.69, 9.17) is 23.2 Å². The molecule has 1 saturated carbocycles. The number of carbonyl (C=O) groups excluding carboxylic acids is 1. The first-order chi connectivity index (χ1) is 17.4. The summed E-state index contributed by atoms with van der Waals surface area (Å²) in [5.74, 6) is -0.456. The third-order valence-electron chi connectivity index (χ3n) is 7.10. The molecule has 1 aliphatic rings. The minimum Gasteiger partial charge on any atom is -0.330 e. The molecule has 1 heterocycles. The van der Waals surface area contributed by atoms with Gasteiger partial charge in [0.2, 0.25) is 0 Å². The fourth-order valence-corrected chi connectivity index (χ4v) is 6.62. The molecule has 7 heteroatoms. The van der Waals surface area contributed by atoms with E-state index in [0.29, 0.717) is 26.5 Å². The van der Waals surface area contributed by atoms with Gasteiger partial charge in [0.1, 0.15) is 10.7 Å². The number of nitrogens with zero attached hydrogens (tertiary/aromatic N) is 1. The van der Waals surface area contributed by atoms with E-state index in [2.05, 4.69) is 5.32 Å². The van der Waals surface area contributed by atoms with Crippen LogP contribution in [0.4, 0.5) is 4.39 Å². The zero-order chi connectivity index (χ0) is 25.2. The zero-order valence-corrected chi connectivity index (χ0v) is 22.3. The van der Waals surface area contributed by atoms with Crippen LogP contribution in [0.5, 0.6) is 0 Å². The Morgan fingerprint density at radius 2 is 1.69 bits per heavy atom. The van der Waals surface area contributed by atoms with Crippen LogP contribution >= 0.6 is 34.5 Å². The van der Waals surface area contributed by atoms with Gasteiger partial charge in [-0.05, 0) is 74.2 Å². The summed E-state index contributed by atoms with van der Waals surface area (Å²) in [6, 6.07) is 20.8. The minimum absolute atomic E-state index is 0.0157. The molecule has 4 aromatic rings. The summed E-state index contributed by atoms with van der Waals surface area (Å²) in [4.78, 5) is 16.3. The first-order valence-electron chi connectivity index (χ1n) is 12.1. The number of hydrogen-bond acceptors (Lipinski definition) is 3. The number of benzene rings is 3. The molecule has 0 aliphatic heterocycles. The van der Waals surface area contributed by atoms with E-state index in [-0.39, 0.29) is 24.3 Å². The maximum absolute atomic E-state index is 15.1. The van der Waals surface area contributed by atoms with Gasteiger partial charge < -0.3 is 10.2 Å². The van der Waals surface area contributed by atoms with Crippen molar-refractivity contribution in [2.75, 3.05) is 7.05 Å². The van der Waals surface area contributed by atoms with E-state index in [0.717, 1.165) is 46.9 Å². The highest BCUT2D eigenvalue weighted by atomic mass is 35.5. The third kappa shape index (κ3) is 5.16. The average molecular weight is 542 g/mol. The van der Waals surface area contributed by atoms with Crippen molar-refractivity contribution in [3.8, 4) is 11.1 Å². The molecule has 1 aromatic heterocycles. The summed E-state index contributed by atoms with van der Waals surface area (Å²) in [6.07, 6.45) is 3.66. The largest absolute Gasteiger partial charge is 0.330 e. The van der Waals surface area contributed by atoms with E-state index in [1.54, 1.807) is 6.07 Å². The maximum Gasteiger partial charge on any atom is 0.266 e. The molecule has 5 rings (SSSR count). The van der Waals surface area contributed by atoms with Gasteiger partial charge in [0.15, 0.2) is 0 Å². The highest BCUT2D eigenvalue weighted by Gasteiger charge is 2.32. The number of fused-ring (bicyclic) bond motifs is 1. The second-order valence-electron chi connectivity index (χ2n) is 9.28. The van der Waals surface area contributed by atoms with Crippen LogP contribution in [0.15, 0.2) is 66.7 Å². The van der Waals surface area contributed by atoms with Gasteiger partial charge in [-0.25, -0.2) is 4.39 Å². The lowest BCUT2D eigenvalue weighted by Gasteiger charge is -2.37. The van der Waals surface area contributed by atoms with Crippen LogP contribution in [0.1, 0.15) is 40.9 Å². The third-order valence-corrected chi connectivity index (χ3v) is 9.02. The van der Waals surface area contributed by atoms with Crippen LogP contribution in [-0.2, 0) is 6.54 Å². The van der Waals surface area contributed by atoms with Gasteiger partial charge in [-0.15, -0.1) is 11.3 Å². The number of hydrogen-bond donors (Lipinski definition) is 1. The van der Waals surface area contributed by atoms with Gasteiger partial charge in [-0.1, -0.05) is 59.6 Å².